The quantitative estimate of drug-likeness (QED) is 0.767. The molecule has 0 amide bonds. The summed E-state index contributed by atoms with van der Waals surface area (Å²) in [5.41, 5.74) is 7.22. The Bertz CT molecular complexity index is 565. The number of nitrogens with one attached hydrogen (secondary N) is 1. The van der Waals surface area contributed by atoms with Gasteiger partial charge in [-0.25, -0.2) is 5.10 Å². The number of aromatic nitrogens is 3. The second-order valence-electron chi connectivity index (χ2n) is 3.96. The van der Waals surface area contributed by atoms with Crippen molar-refractivity contribution in [3.05, 3.63) is 26.7 Å². The van der Waals surface area contributed by atoms with E-state index in [4.69, 9.17) is 18.0 Å². The molecule has 4 nitrogen and oxygen atoms in total. The van der Waals surface area contributed by atoms with Gasteiger partial charge >= 0.3 is 0 Å². The Labute approximate surface area is 102 Å². The molecule has 0 radical (unpaired) electrons. The number of hydrogen-bond acceptors (Lipinski definition) is 4. The molecule has 2 heterocycles. The molecular weight excluding hydrogens is 240 g/mol. The lowest BCUT2D eigenvalue weighted by Gasteiger charge is -2.23. The minimum Gasteiger partial charge on any atom is -0.368 e. The lowest BCUT2D eigenvalue weighted by Crippen LogP contribution is -2.17. The summed E-state index contributed by atoms with van der Waals surface area (Å²) in [7, 11) is 0. The van der Waals surface area contributed by atoms with E-state index in [9.17, 15) is 0 Å². The Kier molecular flexibility index (Phi) is 2.33. The van der Waals surface area contributed by atoms with Gasteiger partial charge in [-0.1, -0.05) is 0 Å². The van der Waals surface area contributed by atoms with Gasteiger partial charge in [0.15, 0.2) is 4.77 Å². The number of H-pyrrole nitrogens is 1. The van der Waals surface area contributed by atoms with E-state index < -0.39 is 0 Å². The third kappa shape index (κ3) is 1.41. The summed E-state index contributed by atoms with van der Waals surface area (Å²) in [4.78, 5) is 1.46. The maximum Gasteiger partial charge on any atom is 0.221 e. The molecule has 0 saturated heterocycles. The molecule has 0 saturated carbocycles. The Hall–Kier alpha value is -1.14. The number of anilines is 1. The van der Waals surface area contributed by atoms with Crippen molar-refractivity contribution in [2.75, 3.05) is 5.73 Å². The molecule has 16 heavy (non-hydrogen) atoms. The van der Waals surface area contributed by atoms with Crippen LogP contribution in [0.15, 0.2) is 11.4 Å². The van der Waals surface area contributed by atoms with Crippen molar-refractivity contribution in [1.82, 2.24) is 14.8 Å². The molecule has 2 aromatic rings. The highest BCUT2D eigenvalue weighted by Gasteiger charge is 2.24. The first-order valence-corrected chi connectivity index (χ1v) is 6.55. The standard InChI is InChI=1S/C10H12N4S2/c11-9-12-13-10(15)14(9)7-2-1-3-8-6(7)4-5-16-8/h4-5,7H,1-3H2,(H2,11,12)(H,13,15). The van der Waals surface area contributed by atoms with Crippen molar-refractivity contribution >= 4 is 29.5 Å². The summed E-state index contributed by atoms with van der Waals surface area (Å²) < 4.78 is 2.54. The molecule has 1 aliphatic rings. The van der Waals surface area contributed by atoms with Crippen molar-refractivity contribution in [2.24, 2.45) is 0 Å². The Morgan fingerprint density at radius 3 is 3.25 bits per heavy atom. The third-order valence-electron chi connectivity index (χ3n) is 3.06. The summed E-state index contributed by atoms with van der Waals surface area (Å²) in [5, 5.41) is 8.87. The summed E-state index contributed by atoms with van der Waals surface area (Å²) in [6.45, 7) is 0. The van der Waals surface area contributed by atoms with E-state index in [1.54, 1.807) is 0 Å². The first kappa shape index (κ1) is 10.0. The van der Waals surface area contributed by atoms with Gasteiger partial charge in [-0.05, 0) is 48.5 Å². The number of nitrogen functional groups attached to an aromatic ring is 1. The predicted octanol–water partition coefficient (Wildman–Crippen LogP) is 2.51. The average molecular weight is 252 g/mol. The fourth-order valence-electron chi connectivity index (χ4n) is 2.35. The number of nitrogens with zero attached hydrogens (tertiary/aromatic N) is 2. The highest BCUT2D eigenvalue weighted by atomic mass is 32.1. The zero-order valence-electron chi connectivity index (χ0n) is 8.64. The number of nitrogens with two attached hydrogens (primary N) is 1. The first-order valence-electron chi connectivity index (χ1n) is 5.26. The van der Waals surface area contributed by atoms with E-state index in [0.29, 0.717) is 10.7 Å². The third-order valence-corrected chi connectivity index (χ3v) is 4.35. The smallest absolute Gasteiger partial charge is 0.221 e. The fraction of sp³-hybridized carbons (Fsp3) is 0.400. The Morgan fingerprint density at radius 2 is 2.50 bits per heavy atom. The molecule has 3 rings (SSSR count). The molecule has 1 atom stereocenters. The van der Waals surface area contributed by atoms with Crippen molar-refractivity contribution < 1.29 is 0 Å². The highest BCUT2D eigenvalue weighted by Crippen LogP contribution is 2.36. The fourth-order valence-corrected chi connectivity index (χ4v) is 3.60. The number of aryl methyl sites for hydroxylation is 1. The predicted molar refractivity (Wildman–Crippen MR) is 67.2 cm³/mol. The zero-order chi connectivity index (χ0) is 11.1. The van der Waals surface area contributed by atoms with Crippen molar-refractivity contribution in [2.45, 2.75) is 25.3 Å². The molecule has 0 fully saturated rings. The van der Waals surface area contributed by atoms with E-state index in [0.717, 1.165) is 6.42 Å². The van der Waals surface area contributed by atoms with Crippen LogP contribution in [0.4, 0.5) is 5.95 Å². The van der Waals surface area contributed by atoms with Crippen molar-refractivity contribution in [3.8, 4) is 0 Å². The molecule has 1 unspecified atom stereocenters. The summed E-state index contributed by atoms with van der Waals surface area (Å²) in [5.74, 6) is 0.481. The summed E-state index contributed by atoms with van der Waals surface area (Å²) in [6, 6.07) is 2.44. The van der Waals surface area contributed by atoms with Crippen LogP contribution in [0.5, 0.6) is 0 Å². The van der Waals surface area contributed by atoms with Crippen LogP contribution in [0.3, 0.4) is 0 Å². The molecule has 0 bridgehead atoms. The summed E-state index contributed by atoms with van der Waals surface area (Å²) >= 11 is 7.04. The van der Waals surface area contributed by atoms with E-state index in [2.05, 4.69) is 21.6 Å². The van der Waals surface area contributed by atoms with Crippen LogP contribution < -0.4 is 5.73 Å². The van der Waals surface area contributed by atoms with Gasteiger partial charge in [0.05, 0.1) is 6.04 Å². The molecule has 2 aromatic heterocycles. The molecule has 6 heteroatoms. The maximum absolute atomic E-state index is 5.86. The van der Waals surface area contributed by atoms with Crippen LogP contribution in [-0.4, -0.2) is 14.8 Å². The molecular formula is C10H12N4S2. The van der Waals surface area contributed by atoms with Crippen molar-refractivity contribution in [3.63, 3.8) is 0 Å². The molecule has 0 aliphatic heterocycles. The Balaban J connectivity index is 2.14. The lowest BCUT2D eigenvalue weighted by atomic mass is 9.94. The van der Waals surface area contributed by atoms with Gasteiger partial charge in [0.25, 0.3) is 0 Å². The minimum atomic E-state index is 0.265. The minimum absolute atomic E-state index is 0.265. The second kappa shape index (κ2) is 3.71. The van der Waals surface area contributed by atoms with Crippen LogP contribution in [-0.2, 0) is 6.42 Å². The normalized spacial score (nSPS) is 19.6. The number of hydrogen-bond donors (Lipinski definition) is 2. The largest absolute Gasteiger partial charge is 0.368 e. The number of fused-ring (bicyclic) bond motifs is 1. The first-order chi connectivity index (χ1) is 7.77. The topological polar surface area (TPSA) is 59.6 Å². The van der Waals surface area contributed by atoms with E-state index in [-0.39, 0.29) is 6.04 Å². The van der Waals surface area contributed by atoms with Gasteiger partial charge in [0, 0.05) is 4.88 Å². The van der Waals surface area contributed by atoms with Gasteiger partial charge < -0.3 is 5.73 Å². The van der Waals surface area contributed by atoms with Gasteiger partial charge in [-0.2, -0.15) is 0 Å². The number of rotatable bonds is 1. The van der Waals surface area contributed by atoms with Crippen LogP contribution in [0, 0.1) is 4.77 Å². The molecule has 1 aliphatic carbocycles. The van der Waals surface area contributed by atoms with Gasteiger partial charge in [0.1, 0.15) is 0 Å². The van der Waals surface area contributed by atoms with Crippen LogP contribution >= 0.6 is 23.6 Å². The average Bonchev–Trinajstić information content (AvgIpc) is 2.86. The summed E-state index contributed by atoms with van der Waals surface area (Å²) in [6.07, 6.45) is 3.45. The lowest BCUT2D eigenvalue weighted by molar-refractivity contribution is 0.494. The van der Waals surface area contributed by atoms with Gasteiger partial charge in [-0.3, -0.25) is 4.57 Å². The van der Waals surface area contributed by atoms with Crippen LogP contribution in [0.2, 0.25) is 0 Å². The second-order valence-corrected chi connectivity index (χ2v) is 5.35. The van der Waals surface area contributed by atoms with Crippen LogP contribution in [0.25, 0.3) is 0 Å². The molecule has 0 spiro atoms. The monoisotopic (exact) mass is 252 g/mol. The molecule has 84 valence electrons. The zero-order valence-corrected chi connectivity index (χ0v) is 10.3. The van der Waals surface area contributed by atoms with Crippen molar-refractivity contribution in [1.29, 1.82) is 0 Å². The van der Waals surface area contributed by atoms with Crippen LogP contribution in [0.1, 0.15) is 29.3 Å². The molecule has 3 N–H and O–H groups in total. The number of thiophene rings is 1. The highest BCUT2D eigenvalue weighted by molar-refractivity contribution is 7.71. The van der Waals surface area contributed by atoms with Gasteiger partial charge in [0.2, 0.25) is 5.95 Å². The van der Waals surface area contributed by atoms with Gasteiger partial charge in [-0.15, -0.1) is 16.4 Å². The molecule has 0 aromatic carbocycles. The maximum atomic E-state index is 5.86. The Morgan fingerprint density at radius 1 is 1.62 bits per heavy atom. The number of aromatic amines is 1. The van der Waals surface area contributed by atoms with E-state index in [1.165, 1.54) is 23.3 Å². The van der Waals surface area contributed by atoms with E-state index >= 15 is 0 Å². The van der Waals surface area contributed by atoms with E-state index in [1.807, 2.05) is 15.9 Å². The SMILES string of the molecule is Nc1n[nH]c(=S)n1C1CCCc2sccc21.